The number of ether oxygens (including phenoxy) is 1. The minimum atomic E-state index is -0.640. The van der Waals surface area contributed by atoms with Crippen molar-refractivity contribution in [1.29, 1.82) is 0 Å². The van der Waals surface area contributed by atoms with Crippen molar-refractivity contribution in [2.45, 2.75) is 51.4 Å². The number of nitrogens with zero attached hydrogens (tertiary/aromatic N) is 3. The summed E-state index contributed by atoms with van der Waals surface area (Å²) in [5.41, 5.74) is -0.314. The first-order chi connectivity index (χ1) is 11.0. The fraction of sp³-hybridized carbons (Fsp3) is 0.688. The molecule has 3 fully saturated rings. The molecule has 1 aromatic heterocycles. The summed E-state index contributed by atoms with van der Waals surface area (Å²) in [6.07, 6.45) is 2.27. The molecule has 0 saturated carbocycles. The molecule has 0 bridgehead atoms. The molecule has 3 aliphatic rings. The molecule has 0 aliphatic carbocycles. The zero-order valence-corrected chi connectivity index (χ0v) is 13.6. The number of oxazole rings is 1. The van der Waals surface area contributed by atoms with Crippen LogP contribution >= 0.6 is 0 Å². The minimum absolute atomic E-state index is 0.0839. The van der Waals surface area contributed by atoms with Gasteiger partial charge in [-0.1, -0.05) is 13.8 Å². The number of amides is 2. The molecule has 0 unspecified atom stereocenters. The van der Waals surface area contributed by atoms with Crippen molar-refractivity contribution in [2.24, 2.45) is 5.92 Å². The van der Waals surface area contributed by atoms with Crippen LogP contribution in [-0.2, 0) is 9.53 Å². The van der Waals surface area contributed by atoms with Crippen LogP contribution in [0.5, 0.6) is 0 Å². The topological polar surface area (TPSA) is 75.9 Å². The molecule has 23 heavy (non-hydrogen) atoms. The van der Waals surface area contributed by atoms with E-state index < -0.39 is 5.72 Å². The van der Waals surface area contributed by atoms with Gasteiger partial charge in [0.05, 0.1) is 25.1 Å². The van der Waals surface area contributed by atoms with Gasteiger partial charge in [-0.3, -0.25) is 9.59 Å². The maximum absolute atomic E-state index is 12.8. The Bertz CT molecular complexity index is 670. The highest BCUT2D eigenvalue weighted by atomic mass is 16.5. The van der Waals surface area contributed by atoms with E-state index in [0.717, 1.165) is 0 Å². The number of carbonyl (C=O) groups excluding carboxylic acids is 2. The van der Waals surface area contributed by atoms with Gasteiger partial charge >= 0.3 is 0 Å². The van der Waals surface area contributed by atoms with E-state index in [0.29, 0.717) is 43.4 Å². The smallest absolute Gasteiger partial charge is 0.276 e. The third-order valence-corrected chi connectivity index (χ3v) is 5.47. The third-order valence-electron chi connectivity index (χ3n) is 5.47. The zero-order chi connectivity index (χ0) is 16.4. The lowest BCUT2D eigenvalue weighted by Gasteiger charge is -2.34. The van der Waals surface area contributed by atoms with E-state index in [1.165, 1.54) is 6.39 Å². The Morgan fingerprint density at radius 2 is 2.26 bits per heavy atom. The fourth-order valence-electron chi connectivity index (χ4n) is 4.26. The Morgan fingerprint density at radius 3 is 2.91 bits per heavy atom. The van der Waals surface area contributed by atoms with Gasteiger partial charge in [-0.05, 0) is 12.8 Å². The molecule has 3 aliphatic heterocycles. The van der Waals surface area contributed by atoms with Crippen LogP contribution in [0.2, 0.25) is 0 Å². The molecule has 1 aromatic rings. The molecule has 7 nitrogen and oxygen atoms in total. The van der Waals surface area contributed by atoms with Crippen molar-refractivity contribution in [2.75, 3.05) is 13.2 Å². The van der Waals surface area contributed by atoms with Crippen molar-refractivity contribution in [3.8, 4) is 0 Å². The molecule has 3 atom stereocenters. The van der Waals surface area contributed by atoms with Crippen molar-refractivity contribution in [3.63, 3.8) is 0 Å². The highest BCUT2D eigenvalue weighted by Gasteiger charge is 2.65. The highest BCUT2D eigenvalue weighted by molar-refractivity contribution is 5.95. The maximum atomic E-state index is 12.8. The largest absolute Gasteiger partial charge is 0.448 e. The van der Waals surface area contributed by atoms with Gasteiger partial charge in [-0.2, -0.15) is 0 Å². The molecular weight excluding hydrogens is 298 g/mol. The molecule has 4 rings (SSSR count). The molecule has 124 valence electrons. The quantitative estimate of drug-likeness (QED) is 0.818. The lowest BCUT2D eigenvalue weighted by atomic mass is 10.0. The Hall–Kier alpha value is -1.89. The standard InChI is InChI=1S/C16H21N3O4/c1-9(2)11-7-23-16-4-5-18(12(16)6-13(20)19(11)16)15(21)14-10(3)22-8-17-14/h8-9,11-12H,4-7H2,1-3H3/t11-,12+,16-/m0/s1. The average molecular weight is 319 g/mol. The van der Waals surface area contributed by atoms with E-state index in [-0.39, 0.29) is 23.9 Å². The van der Waals surface area contributed by atoms with Gasteiger partial charge in [-0.25, -0.2) is 4.98 Å². The zero-order valence-electron chi connectivity index (χ0n) is 13.6. The van der Waals surface area contributed by atoms with Crippen LogP contribution in [0.3, 0.4) is 0 Å². The summed E-state index contributed by atoms with van der Waals surface area (Å²) in [6, 6.07) is -0.140. The van der Waals surface area contributed by atoms with E-state index in [4.69, 9.17) is 9.15 Å². The normalized spacial score (nSPS) is 32.8. The Labute approximate surface area is 134 Å². The van der Waals surface area contributed by atoms with E-state index in [1.54, 1.807) is 11.8 Å². The van der Waals surface area contributed by atoms with Crippen LogP contribution in [0.1, 0.15) is 42.9 Å². The van der Waals surface area contributed by atoms with Crippen LogP contribution in [0, 0.1) is 12.8 Å². The summed E-state index contributed by atoms with van der Waals surface area (Å²) in [7, 11) is 0. The second kappa shape index (κ2) is 4.80. The monoisotopic (exact) mass is 319 g/mol. The average Bonchev–Trinajstić information content (AvgIpc) is 3.21. The summed E-state index contributed by atoms with van der Waals surface area (Å²) in [5.74, 6) is 0.745. The van der Waals surface area contributed by atoms with Crippen LogP contribution in [-0.4, -0.2) is 57.6 Å². The number of rotatable bonds is 2. The third kappa shape index (κ3) is 1.83. The summed E-state index contributed by atoms with van der Waals surface area (Å²) in [5, 5.41) is 0. The van der Waals surface area contributed by atoms with Gasteiger partial charge in [-0.15, -0.1) is 0 Å². The predicted molar refractivity (Wildman–Crippen MR) is 79.5 cm³/mol. The minimum Gasteiger partial charge on any atom is -0.448 e. The van der Waals surface area contributed by atoms with Gasteiger partial charge in [0, 0.05) is 13.0 Å². The number of likely N-dealkylation sites (tertiary alicyclic amines) is 1. The molecule has 2 amide bonds. The van der Waals surface area contributed by atoms with E-state index in [1.807, 2.05) is 4.90 Å². The molecule has 7 heteroatoms. The molecule has 3 saturated heterocycles. The van der Waals surface area contributed by atoms with Gasteiger partial charge in [0.25, 0.3) is 5.91 Å². The number of aryl methyl sites for hydroxylation is 1. The summed E-state index contributed by atoms with van der Waals surface area (Å²) in [4.78, 5) is 33.0. The van der Waals surface area contributed by atoms with Crippen molar-refractivity contribution in [3.05, 3.63) is 17.8 Å². The molecule has 0 aromatic carbocycles. The van der Waals surface area contributed by atoms with Crippen molar-refractivity contribution in [1.82, 2.24) is 14.8 Å². The lowest BCUT2D eigenvalue weighted by molar-refractivity contribution is -0.139. The van der Waals surface area contributed by atoms with E-state index in [9.17, 15) is 9.59 Å². The fourth-order valence-corrected chi connectivity index (χ4v) is 4.26. The molecule has 1 spiro atoms. The molecule has 0 N–H and O–H groups in total. The maximum Gasteiger partial charge on any atom is 0.276 e. The van der Waals surface area contributed by atoms with E-state index >= 15 is 0 Å². The first-order valence-electron chi connectivity index (χ1n) is 8.13. The number of hydrogen-bond donors (Lipinski definition) is 0. The molecule has 0 radical (unpaired) electrons. The second-order valence-electron chi connectivity index (χ2n) is 6.96. The van der Waals surface area contributed by atoms with Crippen LogP contribution in [0.4, 0.5) is 0 Å². The highest BCUT2D eigenvalue weighted by Crippen LogP contribution is 2.49. The first kappa shape index (κ1) is 14.7. The first-order valence-corrected chi connectivity index (χ1v) is 8.13. The number of aromatic nitrogens is 1. The number of hydrogen-bond acceptors (Lipinski definition) is 5. The lowest BCUT2D eigenvalue weighted by Crippen LogP contribution is -2.51. The van der Waals surface area contributed by atoms with Crippen LogP contribution < -0.4 is 0 Å². The van der Waals surface area contributed by atoms with Gasteiger partial charge in [0.2, 0.25) is 5.91 Å². The summed E-state index contributed by atoms with van der Waals surface area (Å²) >= 11 is 0. The summed E-state index contributed by atoms with van der Waals surface area (Å²) in [6.45, 7) is 7.04. The van der Waals surface area contributed by atoms with Crippen molar-refractivity contribution >= 4 is 11.8 Å². The van der Waals surface area contributed by atoms with Gasteiger partial charge in [0.1, 0.15) is 5.76 Å². The van der Waals surface area contributed by atoms with Gasteiger partial charge < -0.3 is 19.0 Å². The molecule has 4 heterocycles. The van der Waals surface area contributed by atoms with Crippen LogP contribution in [0.15, 0.2) is 10.8 Å². The van der Waals surface area contributed by atoms with Crippen LogP contribution in [0.25, 0.3) is 0 Å². The SMILES string of the molecule is Cc1ocnc1C(=O)N1CC[C@@]23OC[C@@H](C(C)C)N2C(=O)C[C@@H]13. The Balaban J connectivity index is 1.66. The van der Waals surface area contributed by atoms with E-state index in [2.05, 4.69) is 18.8 Å². The Kier molecular flexibility index (Phi) is 3.07. The Morgan fingerprint density at radius 1 is 1.48 bits per heavy atom. The number of carbonyl (C=O) groups is 2. The summed E-state index contributed by atoms with van der Waals surface area (Å²) < 4.78 is 11.3. The second-order valence-corrected chi connectivity index (χ2v) is 6.96. The van der Waals surface area contributed by atoms with Crippen molar-refractivity contribution < 1.29 is 18.7 Å². The predicted octanol–water partition coefficient (Wildman–Crippen LogP) is 1.18. The molecular formula is C16H21N3O4. The van der Waals surface area contributed by atoms with Gasteiger partial charge in [0.15, 0.2) is 17.8 Å².